The summed E-state index contributed by atoms with van der Waals surface area (Å²) in [6, 6.07) is 15.4. The van der Waals surface area contributed by atoms with Gasteiger partial charge in [-0.15, -0.1) is 0 Å². The SMILES string of the molecule is CCC(CCC(=O)N1CCCC(C)C1C(=O)O)NC(=O)OCC1c2ccccc2-c2ccccc21. The van der Waals surface area contributed by atoms with E-state index in [0.29, 0.717) is 19.4 Å². The maximum Gasteiger partial charge on any atom is 0.407 e. The Labute approximate surface area is 206 Å². The number of hydrogen-bond donors (Lipinski definition) is 2. The van der Waals surface area contributed by atoms with Crippen LogP contribution in [0.25, 0.3) is 11.1 Å². The Morgan fingerprint density at radius 3 is 2.31 bits per heavy atom. The number of nitrogens with zero attached hydrogens (tertiary/aromatic N) is 1. The van der Waals surface area contributed by atoms with Crippen LogP contribution in [0.2, 0.25) is 0 Å². The molecule has 2 N–H and O–H groups in total. The summed E-state index contributed by atoms with van der Waals surface area (Å²) in [4.78, 5) is 38.6. The number of carbonyl (C=O) groups excluding carboxylic acids is 2. The average molecular weight is 479 g/mol. The van der Waals surface area contributed by atoms with Crippen molar-refractivity contribution >= 4 is 18.0 Å². The predicted molar refractivity (Wildman–Crippen MR) is 133 cm³/mol. The Morgan fingerprint density at radius 2 is 1.71 bits per heavy atom. The largest absolute Gasteiger partial charge is 0.480 e. The van der Waals surface area contributed by atoms with Gasteiger partial charge < -0.3 is 20.1 Å². The second kappa shape index (κ2) is 10.9. The lowest BCUT2D eigenvalue weighted by Crippen LogP contribution is -2.52. The number of benzene rings is 2. The molecule has 3 unspecified atom stereocenters. The lowest BCUT2D eigenvalue weighted by atomic mass is 9.90. The second-order valence-electron chi connectivity index (χ2n) is 9.60. The first-order chi connectivity index (χ1) is 16.9. The van der Waals surface area contributed by atoms with E-state index in [1.54, 1.807) is 0 Å². The number of hydrogen-bond acceptors (Lipinski definition) is 4. The van der Waals surface area contributed by atoms with Gasteiger partial charge >= 0.3 is 12.1 Å². The molecule has 4 rings (SSSR count). The summed E-state index contributed by atoms with van der Waals surface area (Å²) >= 11 is 0. The third-order valence-electron chi connectivity index (χ3n) is 7.37. The Balaban J connectivity index is 1.31. The number of carbonyl (C=O) groups is 3. The van der Waals surface area contributed by atoms with Crippen LogP contribution in [0.1, 0.15) is 63.0 Å². The molecule has 0 radical (unpaired) electrons. The molecule has 1 heterocycles. The van der Waals surface area contributed by atoms with E-state index in [-0.39, 0.29) is 36.8 Å². The molecule has 35 heavy (non-hydrogen) atoms. The first kappa shape index (κ1) is 24.8. The second-order valence-corrected chi connectivity index (χ2v) is 9.60. The van der Waals surface area contributed by atoms with Crippen molar-refractivity contribution in [1.29, 1.82) is 0 Å². The number of likely N-dealkylation sites (tertiary alicyclic amines) is 1. The van der Waals surface area contributed by atoms with Gasteiger partial charge in [0.1, 0.15) is 12.6 Å². The van der Waals surface area contributed by atoms with Crippen molar-refractivity contribution in [2.45, 2.75) is 64.0 Å². The van der Waals surface area contributed by atoms with E-state index in [0.717, 1.165) is 24.0 Å². The maximum absolute atomic E-state index is 12.8. The number of amides is 2. The van der Waals surface area contributed by atoms with Crippen LogP contribution >= 0.6 is 0 Å². The van der Waals surface area contributed by atoms with E-state index in [4.69, 9.17) is 4.74 Å². The van der Waals surface area contributed by atoms with Gasteiger partial charge in [-0.05, 0) is 53.9 Å². The summed E-state index contributed by atoms with van der Waals surface area (Å²) in [5.41, 5.74) is 4.66. The molecule has 1 aliphatic carbocycles. The minimum absolute atomic E-state index is 0.0103. The highest BCUT2D eigenvalue weighted by Crippen LogP contribution is 2.44. The van der Waals surface area contributed by atoms with Gasteiger partial charge in [-0.3, -0.25) is 4.79 Å². The van der Waals surface area contributed by atoms with Gasteiger partial charge in [0, 0.05) is 24.9 Å². The molecule has 7 nitrogen and oxygen atoms in total. The van der Waals surface area contributed by atoms with Crippen molar-refractivity contribution in [3.8, 4) is 11.1 Å². The lowest BCUT2D eigenvalue weighted by Gasteiger charge is -2.37. The van der Waals surface area contributed by atoms with Gasteiger partial charge in [0.2, 0.25) is 5.91 Å². The monoisotopic (exact) mass is 478 g/mol. The van der Waals surface area contributed by atoms with Crippen molar-refractivity contribution in [1.82, 2.24) is 10.2 Å². The van der Waals surface area contributed by atoms with E-state index >= 15 is 0 Å². The van der Waals surface area contributed by atoms with Crippen LogP contribution in [-0.4, -0.2) is 53.2 Å². The molecule has 1 fully saturated rings. The Hall–Kier alpha value is -3.35. The van der Waals surface area contributed by atoms with Crippen LogP contribution in [0.3, 0.4) is 0 Å². The highest BCUT2D eigenvalue weighted by molar-refractivity contribution is 5.84. The Morgan fingerprint density at radius 1 is 1.09 bits per heavy atom. The molecular formula is C28H34N2O5. The quantitative estimate of drug-likeness (QED) is 0.568. The van der Waals surface area contributed by atoms with Gasteiger partial charge in [-0.25, -0.2) is 9.59 Å². The van der Waals surface area contributed by atoms with Gasteiger partial charge in [0.05, 0.1) is 0 Å². The lowest BCUT2D eigenvalue weighted by molar-refractivity contribution is -0.154. The van der Waals surface area contributed by atoms with Crippen molar-refractivity contribution < 1.29 is 24.2 Å². The number of carboxylic acids is 1. The fourth-order valence-electron chi connectivity index (χ4n) is 5.47. The van der Waals surface area contributed by atoms with E-state index in [2.05, 4.69) is 29.6 Å². The van der Waals surface area contributed by atoms with Crippen LogP contribution in [0.15, 0.2) is 48.5 Å². The summed E-state index contributed by atoms with van der Waals surface area (Å²) in [5.74, 6) is -1.19. The molecule has 7 heteroatoms. The van der Waals surface area contributed by atoms with Crippen LogP contribution < -0.4 is 5.32 Å². The van der Waals surface area contributed by atoms with Crippen LogP contribution in [0, 0.1) is 5.92 Å². The van der Waals surface area contributed by atoms with E-state index in [1.165, 1.54) is 16.0 Å². The number of carboxylic acid groups (broad SMARTS) is 1. The van der Waals surface area contributed by atoms with Crippen LogP contribution in [0.4, 0.5) is 4.79 Å². The fraction of sp³-hybridized carbons (Fsp3) is 0.464. The zero-order chi connectivity index (χ0) is 24.9. The number of alkyl carbamates (subject to hydrolysis) is 1. The molecule has 2 aromatic carbocycles. The number of rotatable bonds is 8. The molecule has 0 bridgehead atoms. The number of fused-ring (bicyclic) bond motifs is 3. The molecule has 186 valence electrons. The molecular weight excluding hydrogens is 444 g/mol. The van der Waals surface area contributed by atoms with Crippen molar-refractivity contribution in [2.75, 3.05) is 13.2 Å². The molecule has 3 atom stereocenters. The zero-order valence-corrected chi connectivity index (χ0v) is 20.4. The average Bonchev–Trinajstić information content (AvgIpc) is 3.18. The van der Waals surface area contributed by atoms with Crippen molar-refractivity contribution in [3.05, 3.63) is 59.7 Å². The standard InChI is InChI=1S/C28H34N2O5/c1-3-19(14-15-25(31)30-16-8-9-18(2)26(30)27(32)33)29-28(34)35-17-24-22-12-6-4-10-20(22)21-11-5-7-13-23(21)24/h4-7,10-13,18-19,24,26H,3,8-9,14-17H2,1-2H3,(H,29,34)(H,32,33). The molecule has 1 aliphatic heterocycles. The number of ether oxygens (including phenoxy) is 1. The van der Waals surface area contributed by atoms with Crippen LogP contribution in [-0.2, 0) is 14.3 Å². The number of piperidine rings is 1. The zero-order valence-electron chi connectivity index (χ0n) is 20.4. The van der Waals surface area contributed by atoms with Crippen molar-refractivity contribution in [3.63, 3.8) is 0 Å². The summed E-state index contributed by atoms with van der Waals surface area (Å²) in [6.45, 7) is 4.53. The topological polar surface area (TPSA) is 95.9 Å². The van der Waals surface area contributed by atoms with Gasteiger partial charge in [0.15, 0.2) is 0 Å². The minimum atomic E-state index is -0.950. The number of aliphatic carboxylic acids is 1. The highest BCUT2D eigenvalue weighted by atomic mass is 16.5. The molecule has 1 saturated heterocycles. The highest BCUT2D eigenvalue weighted by Gasteiger charge is 2.37. The van der Waals surface area contributed by atoms with E-state index < -0.39 is 18.1 Å². The predicted octanol–water partition coefficient (Wildman–Crippen LogP) is 4.80. The minimum Gasteiger partial charge on any atom is -0.480 e. The van der Waals surface area contributed by atoms with Gasteiger partial charge in [-0.2, -0.15) is 0 Å². The van der Waals surface area contributed by atoms with Gasteiger partial charge in [0.25, 0.3) is 0 Å². The summed E-state index contributed by atoms with van der Waals surface area (Å²) in [7, 11) is 0. The first-order valence-corrected chi connectivity index (χ1v) is 12.5. The van der Waals surface area contributed by atoms with E-state index in [9.17, 15) is 19.5 Å². The maximum atomic E-state index is 12.8. The van der Waals surface area contributed by atoms with E-state index in [1.807, 2.05) is 38.1 Å². The number of nitrogens with one attached hydrogen (secondary N) is 1. The van der Waals surface area contributed by atoms with Gasteiger partial charge in [-0.1, -0.05) is 62.4 Å². The van der Waals surface area contributed by atoms with Crippen molar-refractivity contribution in [2.24, 2.45) is 5.92 Å². The first-order valence-electron chi connectivity index (χ1n) is 12.5. The Bertz CT molecular complexity index is 1040. The smallest absolute Gasteiger partial charge is 0.407 e. The summed E-state index contributed by atoms with van der Waals surface area (Å²) in [6.07, 6.45) is 2.40. The summed E-state index contributed by atoms with van der Waals surface area (Å²) < 4.78 is 5.63. The summed E-state index contributed by atoms with van der Waals surface area (Å²) in [5, 5.41) is 12.5. The molecule has 2 amide bonds. The normalized spacial score (nSPS) is 20.0. The molecule has 0 saturated carbocycles. The molecule has 0 spiro atoms. The Kier molecular flexibility index (Phi) is 7.73. The fourth-order valence-corrected chi connectivity index (χ4v) is 5.47. The molecule has 2 aliphatic rings. The third-order valence-corrected chi connectivity index (χ3v) is 7.37. The molecule has 2 aromatic rings. The molecule has 0 aromatic heterocycles. The van der Waals surface area contributed by atoms with Crippen LogP contribution in [0.5, 0.6) is 0 Å². The third kappa shape index (κ3) is 5.34.